The summed E-state index contributed by atoms with van der Waals surface area (Å²) >= 11 is 0. The molecule has 0 amide bonds. The number of alkyl halides is 3. The molecule has 1 atom stereocenters. The van der Waals surface area contributed by atoms with Gasteiger partial charge in [-0.3, -0.25) is 0 Å². The number of rotatable bonds is 2. The lowest BCUT2D eigenvalue weighted by Gasteiger charge is -2.33. The third-order valence-electron chi connectivity index (χ3n) is 4.82. The maximum absolute atomic E-state index is 12.9. The molecule has 5 rings (SSSR count). The van der Waals surface area contributed by atoms with E-state index >= 15 is 0 Å². The molecule has 0 saturated carbocycles. The molecular weight excluding hydrogens is 371 g/mol. The number of pyridine rings is 1. The Morgan fingerprint density at radius 1 is 1.11 bits per heavy atom. The standard InChI is InChI=1S/C18H14F3N7/c19-18(20,21)11-8-22-17(23-9-11)27-6-4-13-15(25-10-24-13)16(27)14-7-12-3-1-2-5-28(12)26-14/h1-3,5,7-10,16H,4,6H2,(H,24,25). The molecule has 142 valence electrons. The van der Waals surface area contributed by atoms with Gasteiger partial charge in [0.2, 0.25) is 5.95 Å². The third-order valence-corrected chi connectivity index (χ3v) is 4.82. The number of aromatic amines is 1. The molecule has 1 unspecified atom stereocenters. The quantitative estimate of drug-likeness (QED) is 0.574. The molecule has 5 heterocycles. The number of nitrogens with one attached hydrogen (secondary N) is 1. The lowest BCUT2D eigenvalue weighted by molar-refractivity contribution is -0.138. The molecule has 7 nitrogen and oxygen atoms in total. The molecule has 0 radical (unpaired) electrons. The van der Waals surface area contributed by atoms with Crippen LogP contribution in [0.4, 0.5) is 19.1 Å². The Balaban J connectivity index is 1.60. The molecule has 1 N–H and O–H groups in total. The van der Waals surface area contributed by atoms with Crippen LogP contribution < -0.4 is 4.90 Å². The van der Waals surface area contributed by atoms with Crippen LogP contribution in [-0.2, 0) is 12.6 Å². The fourth-order valence-corrected chi connectivity index (χ4v) is 3.50. The van der Waals surface area contributed by atoms with Gasteiger partial charge in [0.05, 0.1) is 28.8 Å². The van der Waals surface area contributed by atoms with Crippen LogP contribution in [-0.4, -0.2) is 36.1 Å². The van der Waals surface area contributed by atoms with Gasteiger partial charge in [0.15, 0.2) is 0 Å². The first-order valence-electron chi connectivity index (χ1n) is 8.63. The van der Waals surface area contributed by atoms with Gasteiger partial charge < -0.3 is 9.88 Å². The largest absolute Gasteiger partial charge is 0.419 e. The van der Waals surface area contributed by atoms with Gasteiger partial charge in [-0.2, -0.15) is 18.3 Å². The smallest absolute Gasteiger partial charge is 0.348 e. The number of hydrogen-bond donors (Lipinski definition) is 1. The van der Waals surface area contributed by atoms with Crippen LogP contribution in [0.1, 0.15) is 28.7 Å². The van der Waals surface area contributed by atoms with E-state index < -0.39 is 17.8 Å². The predicted molar refractivity (Wildman–Crippen MR) is 93.7 cm³/mol. The Hall–Kier alpha value is -3.43. The summed E-state index contributed by atoms with van der Waals surface area (Å²) in [6.45, 7) is 0.527. The summed E-state index contributed by atoms with van der Waals surface area (Å²) in [7, 11) is 0. The molecule has 0 fully saturated rings. The third kappa shape index (κ3) is 2.68. The molecule has 1 aliphatic rings. The first-order chi connectivity index (χ1) is 13.5. The average Bonchev–Trinajstić information content (AvgIpc) is 3.33. The molecule has 28 heavy (non-hydrogen) atoms. The van der Waals surface area contributed by atoms with Crippen LogP contribution in [0.3, 0.4) is 0 Å². The van der Waals surface area contributed by atoms with Crippen molar-refractivity contribution < 1.29 is 13.2 Å². The van der Waals surface area contributed by atoms with Crippen LogP contribution in [0.2, 0.25) is 0 Å². The Bertz CT molecular complexity index is 1100. The molecule has 0 saturated heterocycles. The van der Waals surface area contributed by atoms with Gasteiger partial charge in [0.1, 0.15) is 6.04 Å². The molecule has 0 bridgehead atoms. The first-order valence-corrected chi connectivity index (χ1v) is 8.63. The fraction of sp³-hybridized carbons (Fsp3) is 0.222. The minimum Gasteiger partial charge on any atom is -0.348 e. The van der Waals surface area contributed by atoms with Crippen molar-refractivity contribution in [1.82, 2.24) is 29.5 Å². The first kappa shape index (κ1) is 16.7. The zero-order valence-corrected chi connectivity index (χ0v) is 14.4. The highest BCUT2D eigenvalue weighted by Crippen LogP contribution is 2.36. The second-order valence-corrected chi connectivity index (χ2v) is 6.52. The second-order valence-electron chi connectivity index (χ2n) is 6.52. The maximum Gasteiger partial charge on any atom is 0.419 e. The zero-order chi connectivity index (χ0) is 19.3. The maximum atomic E-state index is 12.9. The van der Waals surface area contributed by atoms with Crippen LogP contribution in [0.5, 0.6) is 0 Å². The molecule has 4 aromatic heterocycles. The predicted octanol–water partition coefficient (Wildman–Crippen LogP) is 3.02. The number of hydrogen-bond acceptors (Lipinski definition) is 5. The van der Waals surface area contributed by atoms with E-state index in [9.17, 15) is 13.2 Å². The Kier molecular flexibility index (Phi) is 3.61. The highest BCUT2D eigenvalue weighted by molar-refractivity contribution is 5.52. The topological polar surface area (TPSA) is 75.0 Å². The van der Waals surface area contributed by atoms with E-state index in [0.29, 0.717) is 13.0 Å². The van der Waals surface area contributed by atoms with Crippen molar-refractivity contribution in [2.75, 3.05) is 11.4 Å². The van der Waals surface area contributed by atoms with E-state index in [1.54, 1.807) is 10.8 Å². The summed E-state index contributed by atoms with van der Waals surface area (Å²) in [6.07, 6.45) is 1.25. The lowest BCUT2D eigenvalue weighted by Crippen LogP contribution is -2.37. The summed E-state index contributed by atoms with van der Waals surface area (Å²) < 4.78 is 40.3. The number of H-pyrrole nitrogens is 1. The van der Waals surface area contributed by atoms with E-state index in [2.05, 4.69) is 25.0 Å². The van der Waals surface area contributed by atoms with E-state index in [4.69, 9.17) is 0 Å². The van der Waals surface area contributed by atoms with Gasteiger partial charge in [-0.1, -0.05) is 6.07 Å². The number of anilines is 1. The molecule has 0 aliphatic carbocycles. The summed E-state index contributed by atoms with van der Waals surface area (Å²) in [5, 5.41) is 4.63. The van der Waals surface area contributed by atoms with Gasteiger partial charge in [0.25, 0.3) is 0 Å². The Morgan fingerprint density at radius 2 is 1.93 bits per heavy atom. The number of imidazole rings is 1. The monoisotopic (exact) mass is 385 g/mol. The van der Waals surface area contributed by atoms with E-state index in [-0.39, 0.29) is 5.95 Å². The van der Waals surface area contributed by atoms with Crippen molar-refractivity contribution in [3.05, 3.63) is 71.8 Å². The van der Waals surface area contributed by atoms with E-state index in [1.165, 1.54) is 0 Å². The van der Waals surface area contributed by atoms with Gasteiger partial charge >= 0.3 is 6.18 Å². The molecule has 10 heteroatoms. The van der Waals surface area contributed by atoms with Crippen LogP contribution in [0, 0.1) is 0 Å². The van der Waals surface area contributed by atoms with Crippen molar-refractivity contribution in [3.8, 4) is 0 Å². The van der Waals surface area contributed by atoms with Gasteiger partial charge in [0, 0.05) is 37.3 Å². The van der Waals surface area contributed by atoms with Crippen molar-refractivity contribution in [3.63, 3.8) is 0 Å². The van der Waals surface area contributed by atoms with Gasteiger partial charge in [-0.25, -0.2) is 19.5 Å². The van der Waals surface area contributed by atoms with Gasteiger partial charge in [-0.15, -0.1) is 0 Å². The minimum absolute atomic E-state index is 0.212. The molecule has 0 aromatic carbocycles. The zero-order valence-electron chi connectivity index (χ0n) is 14.4. The average molecular weight is 385 g/mol. The van der Waals surface area contributed by atoms with Crippen molar-refractivity contribution in [1.29, 1.82) is 0 Å². The Morgan fingerprint density at radius 3 is 2.68 bits per heavy atom. The summed E-state index contributed by atoms with van der Waals surface area (Å²) in [5.41, 5.74) is 2.51. The normalized spacial score (nSPS) is 17.1. The SMILES string of the molecule is FC(F)(F)c1cnc(N2CCc3[nH]cnc3C2c2cc3ccccn3n2)nc1. The minimum atomic E-state index is -4.48. The molecular formula is C18H14F3N7. The van der Waals surface area contributed by atoms with Crippen LogP contribution in [0.25, 0.3) is 5.52 Å². The van der Waals surface area contributed by atoms with E-state index in [0.717, 1.165) is 35.0 Å². The van der Waals surface area contributed by atoms with Crippen LogP contribution in [0.15, 0.2) is 49.2 Å². The number of halogens is 3. The fourth-order valence-electron chi connectivity index (χ4n) is 3.50. The van der Waals surface area contributed by atoms with Crippen molar-refractivity contribution >= 4 is 11.5 Å². The molecule has 1 aliphatic heterocycles. The highest BCUT2D eigenvalue weighted by Gasteiger charge is 2.36. The second kappa shape index (κ2) is 6.04. The number of nitrogens with zero attached hydrogens (tertiary/aromatic N) is 6. The van der Waals surface area contributed by atoms with Crippen LogP contribution >= 0.6 is 0 Å². The Labute approximate surface area is 156 Å². The number of fused-ring (bicyclic) bond motifs is 2. The van der Waals surface area contributed by atoms with Crippen molar-refractivity contribution in [2.24, 2.45) is 0 Å². The molecule has 4 aromatic rings. The highest BCUT2D eigenvalue weighted by atomic mass is 19.4. The van der Waals surface area contributed by atoms with Crippen molar-refractivity contribution in [2.45, 2.75) is 18.6 Å². The summed E-state index contributed by atoms with van der Waals surface area (Å²) in [5.74, 6) is 0.212. The van der Waals surface area contributed by atoms with E-state index in [1.807, 2.05) is 35.4 Å². The number of aromatic nitrogens is 6. The summed E-state index contributed by atoms with van der Waals surface area (Å²) in [6, 6.07) is 7.27. The lowest BCUT2D eigenvalue weighted by atomic mass is 10.0. The van der Waals surface area contributed by atoms with Gasteiger partial charge in [-0.05, 0) is 18.2 Å². The molecule has 0 spiro atoms. The summed E-state index contributed by atoms with van der Waals surface area (Å²) in [4.78, 5) is 17.4.